The number of hydrogen-bond donors (Lipinski definition) is 3. The molecule has 108 valence electrons. The SMILES string of the molecule is O=C1Nc2ccc3ncsc3c2/C1=C\Nc1ccc(O)cc1. The number of phenolic OH excluding ortho intramolecular Hbond substituents is 1. The minimum atomic E-state index is -0.137. The number of nitrogens with one attached hydrogen (secondary N) is 2. The molecule has 0 unspecified atom stereocenters. The molecule has 0 saturated carbocycles. The molecule has 1 aliphatic heterocycles. The van der Waals surface area contributed by atoms with Gasteiger partial charge in [-0.25, -0.2) is 4.98 Å². The molecule has 0 radical (unpaired) electrons. The van der Waals surface area contributed by atoms with Gasteiger partial charge in [0.2, 0.25) is 0 Å². The number of nitrogens with zero attached hydrogens (tertiary/aromatic N) is 1. The Morgan fingerprint density at radius 1 is 1.18 bits per heavy atom. The van der Waals surface area contributed by atoms with Crippen molar-refractivity contribution >= 4 is 44.4 Å². The molecule has 1 aromatic heterocycles. The highest BCUT2D eigenvalue weighted by Crippen LogP contribution is 2.39. The number of anilines is 2. The molecule has 3 aromatic rings. The summed E-state index contributed by atoms with van der Waals surface area (Å²) in [6, 6.07) is 10.4. The van der Waals surface area contributed by atoms with Crippen molar-refractivity contribution < 1.29 is 9.90 Å². The van der Waals surface area contributed by atoms with Gasteiger partial charge in [-0.3, -0.25) is 4.79 Å². The first-order valence-electron chi connectivity index (χ1n) is 6.66. The molecule has 2 heterocycles. The van der Waals surface area contributed by atoms with E-state index in [1.165, 1.54) is 11.3 Å². The van der Waals surface area contributed by atoms with Crippen molar-refractivity contribution in [2.75, 3.05) is 10.6 Å². The highest BCUT2D eigenvalue weighted by molar-refractivity contribution is 7.17. The Morgan fingerprint density at radius 3 is 2.82 bits per heavy atom. The molecule has 0 atom stereocenters. The summed E-state index contributed by atoms with van der Waals surface area (Å²) in [5, 5.41) is 15.2. The summed E-state index contributed by atoms with van der Waals surface area (Å²) >= 11 is 1.52. The quantitative estimate of drug-likeness (QED) is 0.501. The average Bonchev–Trinajstić information content (AvgIpc) is 3.10. The second-order valence-electron chi connectivity index (χ2n) is 4.89. The lowest BCUT2D eigenvalue weighted by Gasteiger charge is -2.03. The lowest BCUT2D eigenvalue weighted by atomic mass is 10.1. The Hall–Kier alpha value is -2.86. The van der Waals surface area contributed by atoms with Gasteiger partial charge in [-0.2, -0.15) is 0 Å². The molecular weight excluding hydrogens is 298 g/mol. The van der Waals surface area contributed by atoms with Crippen LogP contribution in [0.1, 0.15) is 5.56 Å². The molecule has 22 heavy (non-hydrogen) atoms. The average molecular weight is 309 g/mol. The largest absolute Gasteiger partial charge is 0.508 e. The molecule has 6 heteroatoms. The third-order valence-electron chi connectivity index (χ3n) is 3.51. The first-order chi connectivity index (χ1) is 10.7. The minimum absolute atomic E-state index is 0.137. The van der Waals surface area contributed by atoms with E-state index in [1.807, 2.05) is 12.1 Å². The number of aromatic nitrogens is 1. The lowest BCUT2D eigenvalue weighted by Crippen LogP contribution is -2.05. The van der Waals surface area contributed by atoms with E-state index in [2.05, 4.69) is 15.6 Å². The summed E-state index contributed by atoms with van der Waals surface area (Å²) < 4.78 is 0.995. The van der Waals surface area contributed by atoms with Gasteiger partial charge in [0.25, 0.3) is 5.91 Å². The molecule has 0 spiro atoms. The zero-order chi connectivity index (χ0) is 15.1. The first-order valence-corrected chi connectivity index (χ1v) is 7.54. The number of amides is 1. The topological polar surface area (TPSA) is 74.2 Å². The van der Waals surface area contributed by atoms with Crippen molar-refractivity contribution in [2.45, 2.75) is 0 Å². The van der Waals surface area contributed by atoms with Crippen molar-refractivity contribution in [3.8, 4) is 5.75 Å². The van der Waals surface area contributed by atoms with Gasteiger partial charge in [-0.05, 0) is 36.4 Å². The fourth-order valence-corrected chi connectivity index (χ4v) is 3.31. The van der Waals surface area contributed by atoms with Crippen LogP contribution in [0.15, 0.2) is 48.1 Å². The van der Waals surface area contributed by atoms with Crippen molar-refractivity contribution in [3.63, 3.8) is 0 Å². The van der Waals surface area contributed by atoms with Crippen LogP contribution in [0, 0.1) is 0 Å². The van der Waals surface area contributed by atoms with Crippen molar-refractivity contribution in [1.82, 2.24) is 4.98 Å². The Balaban J connectivity index is 1.76. The van der Waals surface area contributed by atoms with Gasteiger partial charge in [-0.1, -0.05) is 0 Å². The van der Waals surface area contributed by atoms with Gasteiger partial charge in [0.15, 0.2) is 0 Å². The van der Waals surface area contributed by atoms with Crippen LogP contribution in [0.3, 0.4) is 0 Å². The number of phenols is 1. The number of thiazole rings is 1. The van der Waals surface area contributed by atoms with E-state index in [1.54, 1.807) is 36.0 Å². The lowest BCUT2D eigenvalue weighted by molar-refractivity contribution is -0.110. The molecule has 0 bridgehead atoms. The molecule has 2 aromatic carbocycles. The maximum atomic E-state index is 12.2. The number of rotatable bonds is 2. The Labute approximate surface area is 129 Å². The minimum Gasteiger partial charge on any atom is -0.508 e. The van der Waals surface area contributed by atoms with Crippen molar-refractivity contribution in [1.29, 1.82) is 0 Å². The molecule has 5 nitrogen and oxygen atoms in total. The number of carbonyl (C=O) groups is 1. The summed E-state index contributed by atoms with van der Waals surface area (Å²) in [6.07, 6.45) is 1.69. The van der Waals surface area contributed by atoms with Crippen LogP contribution in [0.4, 0.5) is 11.4 Å². The maximum absolute atomic E-state index is 12.2. The van der Waals surface area contributed by atoms with E-state index in [0.717, 1.165) is 27.2 Å². The van der Waals surface area contributed by atoms with E-state index < -0.39 is 0 Å². The fraction of sp³-hybridized carbons (Fsp3) is 0. The van der Waals surface area contributed by atoms with Crippen LogP contribution >= 0.6 is 11.3 Å². The molecule has 1 amide bonds. The van der Waals surface area contributed by atoms with E-state index in [-0.39, 0.29) is 11.7 Å². The van der Waals surface area contributed by atoms with Crippen LogP contribution in [-0.4, -0.2) is 16.0 Å². The van der Waals surface area contributed by atoms with Gasteiger partial charge in [0.05, 0.1) is 27.0 Å². The van der Waals surface area contributed by atoms with Crippen molar-refractivity contribution in [3.05, 3.63) is 53.7 Å². The van der Waals surface area contributed by atoms with E-state index >= 15 is 0 Å². The predicted octanol–water partition coefficient (Wildman–Crippen LogP) is 3.41. The fourth-order valence-electron chi connectivity index (χ4n) is 2.45. The van der Waals surface area contributed by atoms with E-state index in [4.69, 9.17) is 0 Å². The first kappa shape index (κ1) is 12.8. The molecule has 0 fully saturated rings. The van der Waals surface area contributed by atoms with Gasteiger partial charge >= 0.3 is 0 Å². The van der Waals surface area contributed by atoms with Gasteiger partial charge in [0.1, 0.15) is 5.75 Å². The van der Waals surface area contributed by atoms with Gasteiger partial charge < -0.3 is 15.7 Å². The van der Waals surface area contributed by atoms with E-state index in [9.17, 15) is 9.90 Å². The zero-order valence-corrected chi connectivity index (χ0v) is 12.1. The van der Waals surface area contributed by atoms with Crippen LogP contribution in [0.2, 0.25) is 0 Å². The highest BCUT2D eigenvalue weighted by Gasteiger charge is 2.27. The van der Waals surface area contributed by atoms with Crippen LogP contribution in [0.5, 0.6) is 5.75 Å². The molecular formula is C16H11N3O2S. The third-order valence-corrected chi connectivity index (χ3v) is 4.37. The van der Waals surface area contributed by atoms with Crippen LogP contribution in [0.25, 0.3) is 15.8 Å². The zero-order valence-electron chi connectivity index (χ0n) is 11.3. The Kier molecular flexibility index (Phi) is 2.83. The molecule has 0 saturated heterocycles. The molecule has 4 rings (SSSR count). The summed E-state index contributed by atoms with van der Waals surface area (Å²) in [5.41, 5.74) is 5.73. The molecule has 0 aliphatic carbocycles. The van der Waals surface area contributed by atoms with E-state index in [0.29, 0.717) is 5.57 Å². The Morgan fingerprint density at radius 2 is 2.00 bits per heavy atom. The molecule has 1 aliphatic rings. The van der Waals surface area contributed by atoms with Gasteiger partial charge in [0, 0.05) is 17.5 Å². The number of fused-ring (bicyclic) bond motifs is 3. The second-order valence-corrected chi connectivity index (χ2v) is 5.75. The second kappa shape index (κ2) is 4.85. The smallest absolute Gasteiger partial charge is 0.257 e. The third kappa shape index (κ3) is 2.01. The number of aromatic hydroxyl groups is 1. The highest BCUT2D eigenvalue weighted by atomic mass is 32.1. The van der Waals surface area contributed by atoms with Crippen LogP contribution < -0.4 is 10.6 Å². The predicted molar refractivity (Wildman–Crippen MR) is 88.0 cm³/mol. The monoisotopic (exact) mass is 309 g/mol. The normalized spacial score (nSPS) is 15.1. The Bertz CT molecular complexity index is 913. The van der Waals surface area contributed by atoms with Gasteiger partial charge in [-0.15, -0.1) is 11.3 Å². The number of carbonyl (C=O) groups excluding carboxylic acids is 1. The van der Waals surface area contributed by atoms with Crippen LogP contribution in [-0.2, 0) is 4.79 Å². The summed E-state index contributed by atoms with van der Waals surface area (Å²) in [5.74, 6) is 0.0655. The van der Waals surface area contributed by atoms with Crippen molar-refractivity contribution in [2.24, 2.45) is 0 Å². The summed E-state index contributed by atoms with van der Waals surface area (Å²) in [4.78, 5) is 16.5. The summed E-state index contributed by atoms with van der Waals surface area (Å²) in [7, 11) is 0. The number of hydrogen-bond acceptors (Lipinski definition) is 5. The summed E-state index contributed by atoms with van der Waals surface area (Å²) in [6.45, 7) is 0. The maximum Gasteiger partial charge on any atom is 0.257 e. The number of benzene rings is 2. The molecule has 3 N–H and O–H groups in total. The standard InChI is InChI=1S/C16H11N3O2S/c20-10-3-1-9(2-4-10)17-7-11-14-12(19-16(11)21)5-6-13-15(14)22-8-18-13/h1-8,17,20H,(H,19,21)/b11-7+.